The molecule has 3 rings (SSSR count). The Kier molecular flexibility index (Phi) is 7.06. The molecule has 0 unspecified atom stereocenters. The van der Waals surface area contributed by atoms with Crippen molar-refractivity contribution in [3.63, 3.8) is 0 Å². The van der Waals surface area contributed by atoms with Crippen molar-refractivity contribution in [2.75, 3.05) is 46.4 Å². The third-order valence-corrected chi connectivity index (χ3v) is 5.83. The Labute approximate surface area is 174 Å². The maximum Gasteiger partial charge on any atom is 0.266 e. The van der Waals surface area contributed by atoms with E-state index in [0.717, 1.165) is 37.5 Å². The van der Waals surface area contributed by atoms with E-state index in [-0.39, 0.29) is 18.4 Å². The van der Waals surface area contributed by atoms with E-state index >= 15 is 0 Å². The van der Waals surface area contributed by atoms with Gasteiger partial charge in [-0.05, 0) is 37.7 Å². The largest absolute Gasteiger partial charge is 0.494 e. The first-order valence-corrected chi connectivity index (χ1v) is 10.4. The molecule has 7 nitrogen and oxygen atoms in total. The third-order valence-electron chi connectivity index (χ3n) is 4.45. The molecule has 0 aliphatic carbocycles. The van der Waals surface area contributed by atoms with Crippen LogP contribution in [0.1, 0.15) is 12.5 Å². The highest BCUT2D eigenvalue weighted by atomic mass is 32.2. The normalized spacial score (nSPS) is 20.1. The maximum atomic E-state index is 12.7. The number of benzene rings is 1. The molecule has 0 saturated carbocycles. The molecule has 1 aromatic rings. The van der Waals surface area contributed by atoms with E-state index < -0.39 is 0 Å². The summed E-state index contributed by atoms with van der Waals surface area (Å²) >= 11 is 6.53. The molecule has 2 aliphatic rings. The summed E-state index contributed by atoms with van der Waals surface area (Å²) in [7, 11) is 2.05. The molecule has 2 fully saturated rings. The number of carbonyl (C=O) groups is 2. The van der Waals surface area contributed by atoms with Crippen LogP contribution >= 0.6 is 24.0 Å². The second kappa shape index (κ2) is 9.51. The zero-order valence-electron chi connectivity index (χ0n) is 16.0. The molecule has 2 amide bonds. The van der Waals surface area contributed by atoms with Crippen LogP contribution in [0.15, 0.2) is 29.2 Å². The SMILES string of the molecule is CCOc1ccc(/C=C2\SC(=S)N(CC(=O)NN3CCN(C)CC3)C2=O)cc1. The van der Waals surface area contributed by atoms with Gasteiger partial charge in [0, 0.05) is 26.2 Å². The molecule has 0 spiro atoms. The Morgan fingerprint density at radius 3 is 2.57 bits per heavy atom. The monoisotopic (exact) mass is 420 g/mol. The summed E-state index contributed by atoms with van der Waals surface area (Å²) in [5.74, 6) is 0.313. The van der Waals surface area contributed by atoms with Crippen LogP contribution in [0, 0.1) is 0 Å². The highest BCUT2D eigenvalue weighted by Crippen LogP contribution is 2.32. The minimum atomic E-state index is -0.239. The van der Waals surface area contributed by atoms with Gasteiger partial charge in [0.15, 0.2) is 0 Å². The number of ether oxygens (including phenoxy) is 1. The van der Waals surface area contributed by atoms with Crippen molar-refractivity contribution in [2.45, 2.75) is 6.92 Å². The second-order valence-corrected chi connectivity index (χ2v) is 8.27. The fourth-order valence-corrected chi connectivity index (χ4v) is 4.14. The molecule has 1 N–H and O–H groups in total. The highest BCUT2D eigenvalue weighted by Gasteiger charge is 2.33. The molecule has 2 aliphatic heterocycles. The minimum Gasteiger partial charge on any atom is -0.494 e. The summed E-state index contributed by atoms with van der Waals surface area (Å²) in [6.07, 6.45) is 1.79. The number of nitrogens with one attached hydrogen (secondary N) is 1. The maximum absolute atomic E-state index is 12.7. The molecule has 2 saturated heterocycles. The van der Waals surface area contributed by atoms with E-state index in [4.69, 9.17) is 17.0 Å². The molecular weight excluding hydrogens is 396 g/mol. The average molecular weight is 421 g/mol. The minimum absolute atomic E-state index is 0.0718. The van der Waals surface area contributed by atoms with Crippen LogP contribution in [0.4, 0.5) is 0 Å². The van der Waals surface area contributed by atoms with Gasteiger partial charge in [0.25, 0.3) is 11.8 Å². The van der Waals surface area contributed by atoms with Crippen LogP contribution < -0.4 is 10.2 Å². The van der Waals surface area contributed by atoms with Gasteiger partial charge in [0.1, 0.15) is 16.6 Å². The van der Waals surface area contributed by atoms with Gasteiger partial charge in [0.2, 0.25) is 0 Å². The molecule has 28 heavy (non-hydrogen) atoms. The average Bonchev–Trinajstić information content (AvgIpc) is 2.93. The first-order valence-electron chi connectivity index (χ1n) is 9.17. The Balaban J connectivity index is 1.59. The smallest absolute Gasteiger partial charge is 0.266 e. The van der Waals surface area contributed by atoms with Gasteiger partial charge in [-0.15, -0.1) is 0 Å². The first-order chi connectivity index (χ1) is 13.5. The van der Waals surface area contributed by atoms with Crippen LogP contribution in [-0.4, -0.2) is 77.3 Å². The number of hydrogen-bond acceptors (Lipinski definition) is 7. The van der Waals surface area contributed by atoms with Crippen LogP contribution in [0.3, 0.4) is 0 Å². The van der Waals surface area contributed by atoms with Crippen LogP contribution in [0.5, 0.6) is 5.75 Å². The van der Waals surface area contributed by atoms with Gasteiger partial charge in [-0.1, -0.05) is 36.1 Å². The molecular formula is C19H24N4O3S2. The number of amides is 2. The second-order valence-electron chi connectivity index (χ2n) is 6.60. The van der Waals surface area contributed by atoms with Gasteiger partial charge in [-0.3, -0.25) is 19.9 Å². The Morgan fingerprint density at radius 1 is 1.25 bits per heavy atom. The van der Waals surface area contributed by atoms with Crippen LogP contribution in [-0.2, 0) is 9.59 Å². The Hall–Kier alpha value is -1.94. The van der Waals surface area contributed by atoms with Gasteiger partial charge in [-0.2, -0.15) is 0 Å². The van der Waals surface area contributed by atoms with E-state index in [2.05, 4.69) is 17.4 Å². The molecule has 9 heteroatoms. The van der Waals surface area contributed by atoms with Crippen LogP contribution in [0.2, 0.25) is 0 Å². The van der Waals surface area contributed by atoms with E-state index in [9.17, 15) is 9.59 Å². The third kappa shape index (κ3) is 5.32. The zero-order chi connectivity index (χ0) is 20.1. The van der Waals surface area contributed by atoms with Crippen molar-refractivity contribution in [3.05, 3.63) is 34.7 Å². The van der Waals surface area contributed by atoms with Crippen LogP contribution in [0.25, 0.3) is 6.08 Å². The molecule has 150 valence electrons. The lowest BCUT2D eigenvalue weighted by Crippen LogP contribution is -2.54. The van der Waals surface area contributed by atoms with Gasteiger partial charge < -0.3 is 9.64 Å². The molecule has 2 heterocycles. The Bertz CT molecular complexity index is 774. The van der Waals surface area contributed by atoms with Crippen molar-refractivity contribution < 1.29 is 14.3 Å². The topological polar surface area (TPSA) is 65.1 Å². The molecule has 0 atom stereocenters. The van der Waals surface area contributed by atoms with Crippen molar-refractivity contribution >= 4 is 46.2 Å². The number of likely N-dealkylation sites (N-methyl/N-ethyl adjacent to an activating group) is 1. The van der Waals surface area contributed by atoms with Crippen molar-refractivity contribution in [2.24, 2.45) is 0 Å². The predicted molar refractivity (Wildman–Crippen MR) is 115 cm³/mol. The first kappa shape index (κ1) is 20.8. The van der Waals surface area contributed by atoms with Crippen molar-refractivity contribution in [3.8, 4) is 5.75 Å². The molecule has 0 bridgehead atoms. The van der Waals surface area contributed by atoms with E-state index in [1.165, 1.54) is 16.7 Å². The van der Waals surface area contributed by atoms with E-state index in [1.54, 1.807) is 6.08 Å². The number of hydrogen-bond donors (Lipinski definition) is 1. The number of rotatable bonds is 6. The standard InChI is InChI=1S/C19H24N4O3S2/c1-3-26-15-6-4-14(5-7-15)12-16-18(25)23(19(27)28-16)13-17(24)20-22-10-8-21(2)9-11-22/h4-7,12H,3,8-11,13H2,1-2H3,(H,20,24)/b16-12-. The van der Waals surface area contributed by atoms with Gasteiger partial charge >= 0.3 is 0 Å². The van der Waals surface area contributed by atoms with E-state index in [0.29, 0.717) is 15.8 Å². The number of carbonyl (C=O) groups excluding carboxylic acids is 2. The summed E-state index contributed by atoms with van der Waals surface area (Å²) in [4.78, 5) is 29.1. The number of nitrogens with zero attached hydrogens (tertiary/aromatic N) is 3. The molecule has 0 aromatic heterocycles. The fourth-order valence-electron chi connectivity index (χ4n) is 2.89. The highest BCUT2D eigenvalue weighted by molar-refractivity contribution is 8.26. The summed E-state index contributed by atoms with van der Waals surface area (Å²) < 4.78 is 5.82. The number of thiocarbonyl (C=S) groups is 1. The predicted octanol–water partition coefficient (Wildman–Crippen LogP) is 1.57. The van der Waals surface area contributed by atoms with Gasteiger partial charge in [0.05, 0.1) is 11.5 Å². The number of piperazine rings is 1. The lowest BCUT2D eigenvalue weighted by atomic mass is 10.2. The van der Waals surface area contributed by atoms with E-state index in [1.807, 2.05) is 36.2 Å². The number of hydrazine groups is 1. The molecule has 0 radical (unpaired) electrons. The lowest BCUT2D eigenvalue weighted by Gasteiger charge is -2.32. The number of thioether (sulfide) groups is 1. The zero-order valence-corrected chi connectivity index (χ0v) is 17.6. The Morgan fingerprint density at radius 2 is 1.93 bits per heavy atom. The molecule has 1 aromatic carbocycles. The lowest BCUT2D eigenvalue weighted by molar-refractivity contribution is -0.132. The summed E-state index contributed by atoms with van der Waals surface area (Å²) in [5.41, 5.74) is 3.74. The summed E-state index contributed by atoms with van der Waals surface area (Å²) in [5, 5.41) is 1.88. The van der Waals surface area contributed by atoms with Gasteiger partial charge in [-0.25, -0.2) is 5.01 Å². The van der Waals surface area contributed by atoms with Crippen molar-refractivity contribution in [1.29, 1.82) is 0 Å². The fraction of sp³-hybridized carbons (Fsp3) is 0.421. The quantitative estimate of drug-likeness (QED) is 0.554. The summed E-state index contributed by atoms with van der Waals surface area (Å²) in [6, 6.07) is 7.49. The summed E-state index contributed by atoms with van der Waals surface area (Å²) in [6.45, 7) is 5.78. The van der Waals surface area contributed by atoms with Crippen molar-refractivity contribution in [1.82, 2.24) is 20.2 Å².